The monoisotopic (exact) mass is 296 g/mol. The third kappa shape index (κ3) is 2.19. The van der Waals surface area contributed by atoms with Crippen LogP contribution in [0.5, 0.6) is 0 Å². The van der Waals surface area contributed by atoms with Crippen LogP contribution in [0.15, 0.2) is 23.2 Å². The van der Waals surface area contributed by atoms with Crippen molar-refractivity contribution >= 4 is 15.8 Å². The molecule has 6 nitrogen and oxygen atoms in total. The maximum atomic E-state index is 12.7. The van der Waals surface area contributed by atoms with Crippen LogP contribution in [0.1, 0.15) is 32.1 Å². The van der Waals surface area contributed by atoms with Gasteiger partial charge in [0.15, 0.2) is 5.82 Å². The average Bonchev–Trinajstić information content (AvgIpc) is 3.10. The van der Waals surface area contributed by atoms with E-state index in [1.807, 2.05) is 0 Å². The lowest BCUT2D eigenvalue weighted by Gasteiger charge is -2.23. The van der Waals surface area contributed by atoms with Crippen molar-refractivity contribution in [1.82, 2.24) is 9.29 Å². The van der Waals surface area contributed by atoms with Gasteiger partial charge in [0.25, 0.3) is 0 Å². The first-order chi connectivity index (χ1) is 9.57. The van der Waals surface area contributed by atoms with Crippen LogP contribution >= 0.6 is 0 Å². The summed E-state index contributed by atoms with van der Waals surface area (Å²) in [4.78, 5) is 4.15. The molecule has 1 saturated heterocycles. The molecule has 0 aromatic carbocycles. The number of nitrogen functional groups attached to an aromatic ring is 1. The molecule has 3 rings (SSSR count). The van der Waals surface area contributed by atoms with E-state index < -0.39 is 10.0 Å². The highest BCUT2D eigenvalue weighted by Gasteiger charge is 2.44. The van der Waals surface area contributed by atoms with Crippen LogP contribution in [0.3, 0.4) is 0 Å². The highest BCUT2D eigenvalue weighted by atomic mass is 32.2. The summed E-state index contributed by atoms with van der Waals surface area (Å²) >= 11 is 0. The highest BCUT2D eigenvalue weighted by molar-refractivity contribution is 7.89. The highest BCUT2D eigenvalue weighted by Crippen LogP contribution is 2.46. The van der Waals surface area contributed by atoms with Gasteiger partial charge in [0.05, 0.1) is 0 Å². The standard InChI is InChI=1S/C13H20N4O2S/c14-16-12-11(4-3-8-15-12)20(18,19)17-9-7-13(10-17)5-1-2-6-13/h3-4,8H,1-2,5-7,9-10,14H2,(H,15,16). The smallest absolute Gasteiger partial charge is 0.246 e. The fourth-order valence-electron chi connectivity index (χ4n) is 3.48. The largest absolute Gasteiger partial charge is 0.307 e. The van der Waals surface area contributed by atoms with Crippen molar-refractivity contribution in [1.29, 1.82) is 0 Å². The zero-order chi connectivity index (χ0) is 14.2. The summed E-state index contributed by atoms with van der Waals surface area (Å²) in [5.41, 5.74) is 2.58. The van der Waals surface area contributed by atoms with Crippen molar-refractivity contribution in [2.24, 2.45) is 11.3 Å². The number of sulfonamides is 1. The summed E-state index contributed by atoms with van der Waals surface area (Å²) < 4.78 is 27.1. The third-order valence-electron chi connectivity index (χ3n) is 4.59. The summed E-state index contributed by atoms with van der Waals surface area (Å²) in [5.74, 6) is 5.57. The van der Waals surface area contributed by atoms with Crippen LogP contribution in [0, 0.1) is 5.41 Å². The second-order valence-electron chi connectivity index (χ2n) is 5.79. The van der Waals surface area contributed by atoms with Gasteiger partial charge in [0.1, 0.15) is 4.90 Å². The van der Waals surface area contributed by atoms with Gasteiger partial charge in [-0.15, -0.1) is 0 Å². The first-order valence-corrected chi connectivity index (χ1v) is 8.43. The van der Waals surface area contributed by atoms with E-state index in [1.54, 1.807) is 16.4 Å². The number of nitrogens with two attached hydrogens (primary N) is 1. The number of hydrogen-bond acceptors (Lipinski definition) is 5. The lowest BCUT2D eigenvalue weighted by Crippen LogP contribution is -2.32. The van der Waals surface area contributed by atoms with Gasteiger partial charge in [0, 0.05) is 19.3 Å². The number of hydrazine groups is 1. The summed E-state index contributed by atoms with van der Waals surface area (Å²) in [5, 5.41) is 0. The molecule has 110 valence electrons. The van der Waals surface area contributed by atoms with Crippen LogP contribution < -0.4 is 11.3 Å². The van der Waals surface area contributed by atoms with Gasteiger partial charge in [-0.2, -0.15) is 4.31 Å². The lowest BCUT2D eigenvalue weighted by atomic mass is 9.86. The van der Waals surface area contributed by atoms with E-state index in [0.717, 1.165) is 19.3 Å². The van der Waals surface area contributed by atoms with E-state index in [1.165, 1.54) is 19.0 Å². The SMILES string of the molecule is NNc1ncccc1S(=O)(=O)N1CCC2(CCCC2)C1. The number of aromatic nitrogens is 1. The topological polar surface area (TPSA) is 88.3 Å². The van der Waals surface area contributed by atoms with Gasteiger partial charge < -0.3 is 5.43 Å². The summed E-state index contributed by atoms with van der Waals surface area (Å²) in [6.07, 6.45) is 7.23. The molecular formula is C13H20N4O2S. The minimum Gasteiger partial charge on any atom is -0.307 e. The van der Waals surface area contributed by atoms with E-state index in [9.17, 15) is 8.42 Å². The Kier molecular flexibility index (Phi) is 3.43. The molecule has 1 spiro atoms. The molecule has 0 atom stereocenters. The molecule has 7 heteroatoms. The van der Waals surface area contributed by atoms with Crippen LogP contribution in [0.4, 0.5) is 5.82 Å². The van der Waals surface area contributed by atoms with Crippen LogP contribution in [0.25, 0.3) is 0 Å². The van der Waals surface area contributed by atoms with Gasteiger partial charge in [-0.25, -0.2) is 19.2 Å². The molecule has 1 aliphatic heterocycles. The molecule has 2 heterocycles. The van der Waals surface area contributed by atoms with Crippen molar-refractivity contribution in [2.45, 2.75) is 37.0 Å². The lowest BCUT2D eigenvalue weighted by molar-refractivity contribution is 0.313. The van der Waals surface area contributed by atoms with Gasteiger partial charge in [-0.3, -0.25) is 0 Å². The van der Waals surface area contributed by atoms with E-state index in [4.69, 9.17) is 5.84 Å². The molecule has 0 unspecified atom stereocenters. The number of nitrogens with zero attached hydrogens (tertiary/aromatic N) is 2. The Bertz CT molecular complexity index is 596. The zero-order valence-corrected chi connectivity index (χ0v) is 12.2. The molecule has 1 aromatic rings. The third-order valence-corrected chi connectivity index (χ3v) is 6.47. The Morgan fingerprint density at radius 2 is 2.05 bits per heavy atom. The maximum Gasteiger partial charge on any atom is 0.246 e. The van der Waals surface area contributed by atoms with Crippen molar-refractivity contribution in [3.05, 3.63) is 18.3 Å². The minimum absolute atomic E-state index is 0.164. The number of pyridine rings is 1. The molecular weight excluding hydrogens is 276 g/mol. The molecule has 2 fully saturated rings. The molecule has 1 saturated carbocycles. The van der Waals surface area contributed by atoms with Crippen LogP contribution in [-0.4, -0.2) is 30.8 Å². The van der Waals surface area contributed by atoms with Crippen molar-refractivity contribution in [3.8, 4) is 0 Å². The minimum atomic E-state index is -3.52. The fraction of sp³-hybridized carbons (Fsp3) is 0.615. The molecule has 2 aliphatic rings. The van der Waals surface area contributed by atoms with E-state index >= 15 is 0 Å². The fourth-order valence-corrected chi connectivity index (χ4v) is 5.14. The average molecular weight is 296 g/mol. The molecule has 0 amide bonds. The maximum absolute atomic E-state index is 12.7. The molecule has 0 bridgehead atoms. The molecule has 1 aromatic heterocycles. The quantitative estimate of drug-likeness (QED) is 0.649. The van der Waals surface area contributed by atoms with Crippen molar-refractivity contribution < 1.29 is 8.42 Å². The first kappa shape index (κ1) is 13.8. The first-order valence-electron chi connectivity index (χ1n) is 6.99. The molecule has 20 heavy (non-hydrogen) atoms. The Balaban J connectivity index is 1.89. The predicted octanol–water partition coefficient (Wildman–Crippen LogP) is 1.32. The molecule has 0 radical (unpaired) electrons. The Hall–Kier alpha value is -1.18. The van der Waals surface area contributed by atoms with Crippen LogP contribution in [0.2, 0.25) is 0 Å². The van der Waals surface area contributed by atoms with Gasteiger partial charge in [0.2, 0.25) is 10.0 Å². The van der Waals surface area contributed by atoms with Crippen LogP contribution in [-0.2, 0) is 10.0 Å². The summed E-state index contributed by atoms with van der Waals surface area (Å²) in [7, 11) is -3.52. The Labute approximate surface area is 119 Å². The second kappa shape index (κ2) is 4.98. The van der Waals surface area contributed by atoms with Gasteiger partial charge >= 0.3 is 0 Å². The number of hydrogen-bond donors (Lipinski definition) is 2. The second-order valence-corrected chi connectivity index (χ2v) is 7.70. The zero-order valence-electron chi connectivity index (χ0n) is 11.4. The predicted molar refractivity (Wildman–Crippen MR) is 76.3 cm³/mol. The number of rotatable bonds is 3. The molecule has 3 N–H and O–H groups in total. The Morgan fingerprint density at radius 1 is 1.30 bits per heavy atom. The normalized spacial score (nSPS) is 22.4. The summed E-state index contributed by atoms with van der Waals surface area (Å²) in [6, 6.07) is 3.17. The molecule has 1 aliphatic carbocycles. The van der Waals surface area contributed by atoms with Crippen molar-refractivity contribution in [3.63, 3.8) is 0 Å². The van der Waals surface area contributed by atoms with E-state index in [2.05, 4.69) is 10.4 Å². The summed E-state index contributed by atoms with van der Waals surface area (Å²) in [6.45, 7) is 1.23. The van der Waals surface area contributed by atoms with Gasteiger partial charge in [-0.1, -0.05) is 12.8 Å². The number of nitrogens with one attached hydrogen (secondary N) is 1. The van der Waals surface area contributed by atoms with Gasteiger partial charge in [-0.05, 0) is 36.8 Å². The number of anilines is 1. The van der Waals surface area contributed by atoms with E-state index in [-0.39, 0.29) is 16.1 Å². The Morgan fingerprint density at radius 3 is 2.75 bits per heavy atom. The van der Waals surface area contributed by atoms with Crippen molar-refractivity contribution in [2.75, 3.05) is 18.5 Å². The van der Waals surface area contributed by atoms with E-state index in [0.29, 0.717) is 13.1 Å².